The second-order valence-corrected chi connectivity index (χ2v) is 5.40. The first-order chi connectivity index (χ1) is 8.36. The largest absolute Gasteiger partial charge is 0.390 e. The van der Waals surface area contributed by atoms with Crippen molar-refractivity contribution >= 4 is 5.91 Å². The molecule has 106 valence electrons. The van der Waals surface area contributed by atoms with E-state index in [1.54, 1.807) is 0 Å². The minimum Gasteiger partial charge on any atom is -0.390 e. The van der Waals surface area contributed by atoms with Gasteiger partial charge in [-0.2, -0.15) is 0 Å². The molecule has 1 aliphatic rings. The van der Waals surface area contributed by atoms with Crippen LogP contribution >= 0.6 is 0 Å². The fourth-order valence-electron chi connectivity index (χ4n) is 2.46. The lowest BCUT2D eigenvalue weighted by Gasteiger charge is -2.44. The summed E-state index contributed by atoms with van der Waals surface area (Å²) in [7, 11) is 0. The minimum absolute atomic E-state index is 0.0112. The lowest BCUT2D eigenvalue weighted by molar-refractivity contribution is -0.167. The molecule has 0 aromatic rings. The number of hydrogen-bond acceptors (Lipinski definition) is 4. The maximum atomic E-state index is 11.2. The van der Waals surface area contributed by atoms with Crippen molar-refractivity contribution in [2.75, 3.05) is 0 Å². The van der Waals surface area contributed by atoms with Crippen LogP contribution in [0.2, 0.25) is 0 Å². The van der Waals surface area contributed by atoms with E-state index in [0.717, 1.165) is 6.42 Å². The highest BCUT2D eigenvalue weighted by Gasteiger charge is 2.42. The van der Waals surface area contributed by atoms with Crippen LogP contribution in [-0.4, -0.2) is 41.5 Å². The highest BCUT2D eigenvalue weighted by molar-refractivity contribution is 5.73. The van der Waals surface area contributed by atoms with E-state index >= 15 is 0 Å². The van der Waals surface area contributed by atoms with Gasteiger partial charge in [0.05, 0.1) is 18.2 Å². The molecule has 0 aromatic heterocycles. The van der Waals surface area contributed by atoms with E-state index in [9.17, 15) is 9.90 Å². The second kappa shape index (κ2) is 6.50. The highest BCUT2D eigenvalue weighted by atomic mass is 16.5. The molecular formula is C13H26N2O3. The standard InChI is InChI=1S/C13H26N2O3/c1-6-10-8(4)12(17)11(15-9(5)16)13(18-10)14-7(2)3/h7-8,10-14,17H,6H2,1-5H3,(H,15,16). The molecule has 5 heteroatoms. The molecule has 0 bridgehead atoms. The van der Waals surface area contributed by atoms with Gasteiger partial charge in [0.2, 0.25) is 5.91 Å². The number of nitrogens with one attached hydrogen (secondary N) is 2. The van der Waals surface area contributed by atoms with Crippen LogP contribution in [0.4, 0.5) is 0 Å². The Bertz CT molecular complexity index is 283. The van der Waals surface area contributed by atoms with E-state index in [4.69, 9.17) is 4.74 Å². The van der Waals surface area contributed by atoms with Crippen LogP contribution in [0.1, 0.15) is 41.0 Å². The van der Waals surface area contributed by atoms with Crippen LogP contribution in [0.3, 0.4) is 0 Å². The lowest BCUT2D eigenvalue weighted by atomic mass is 9.87. The normalized spacial score (nSPS) is 36.7. The number of hydrogen-bond donors (Lipinski definition) is 3. The molecule has 5 nitrogen and oxygen atoms in total. The maximum Gasteiger partial charge on any atom is 0.217 e. The predicted octanol–water partition coefficient (Wildman–Crippen LogP) is 0.621. The van der Waals surface area contributed by atoms with E-state index in [1.165, 1.54) is 6.92 Å². The molecular weight excluding hydrogens is 232 g/mol. The summed E-state index contributed by atoms with van der Waals surface area (Å²) >= 11 is 0. The van der Waals surface area contributed by atoms with E-state index < -0.39 is 12.1 Å². The summed E-state index contributed by atoms with van der Waals surface area (Å²) < 4.78 is 5.96. The first kappa shape index (κ1) is 15.4. The molecule has 0 saturated carbocycles. The minimum atomic E-state index is -0.594. The number of aliphatic hydroxyl groups excluding tert-OH is 1. The lowest BCUT2D eigenvalue weighted by Crippen LogP contribution is -2.65. The van der Waals surface area contributed by atoms with Crippen molar-refractivity contribution in [2.45, 2.75) is 71.6 Å². The smallest absolute Gasteiger partial charge is 0.217 e. The van der Waals surface area contributed by atoms with Gasteiger partial charge in [-0.3, -0.25) is 10.1 Å². The van der Waals surface area contributed by atoms with Crippen LogP contribution in [0.15, 0.2) is 0 Å². The van der Waals surface area contributed by atoms with Gasteiger partial charge in [0.15, 0.2) is 0 Å². The summed E-state index contributed by atoms with van der Waals surface area (Å²) in [5.74, 6) is -0.141. The molecule has 1 rings (SSSR count). The molecule has 0 aliphatic carbocycles. The van der Waals surface area contributed by atoms with Crippen molar-refractivity contribution in [1.82, 2.24) is 10.6 Å². The zero-order valence-electron chi connectivity index (χ0n) is 11.9. The van der Waals surface area contributed by atoms with Crippen molar-refractivity contribution in [3.8, 4) is 0 Å². The van der Waals surface area contributed by atoms with E-state index in [2.05, 4.69) is 10.6 Å². The summed E-state index contributed by atoms with van der Waals surface area (Å²) in [4.78, 5) is 11.2. The molecule has 1 amide bonds. The Morgan fingerprint density at radius 2 is 2.06 bits per heavy atom. The van der Waals surface area contributed by atoms with Crippen LogP contribution in [0.5, 0.6) is 0 Å². The van der Waals surface area contributed by atoms with Crippen LogP contribution in [0, 0.1) is 5.92 Å². The molecule has 0 spiro atoms. The van der Waals surface area contributed by atoms with Gasteiger partial charge in [0, 0.05) is 18.9 Å². The van der Waals surface area contributed by atoms with Crippen molar-refractivity contribution in [3.05, 3.63) is 0 Å². The first-order valence-electron chi connectivity index (χ1n) is 6.73. The Hall–Kier alpha value is -0.650. The van der Waals surface area contributed by atoms with Crippen molar-refractivity contribution < 1.29 is 14.6 Å². The van der Waals surface area contributed by atoms with Gasteiger partial charge in [0.1, 0.15) is 6.23 Å². The molecule has 0 aromatic carbocycles. The van der Waals surface area contributed by atoms with Gasteiger partial charge in [-0.15, -0.1) is 0 Å². The number of amides is 1. The van der Waals surface area contributed by atoms with Crippen LogP contribution in [-0.2, 0) is 9.53 Å². The molecule has 5 unspecified atom stereocenters. The molecule has 3 N–H and O–H groups in total. The van der Waals surface area contributed by atoms with E-state index in [-0.39, 0.29) is 30.2 Å². The Kier molecular flexibility index (Phi) is 5.56. The predicted molar refractivity (Wildman–Crippen MR) is 70.0 cm³/mol. The first-order valence-corrected chi connectivity index (χ1v) is 6.73. The van der Waals surface area contributed by atoms with E-state index in [0.29, 0.717) is 0 Å². The Labute approximate surface area is 109 Å². The molecule has 1 heterocycles. The number of carbonyl (C=O) groups is 1. The summed E-state index contributed by atoms with van der Waals surface area (Å²) in [5.41, 5.74) is 0. The van der Waals surface area contributed by atoms with Crippen molar-refractivity contribution in [3.63, 3.8) is 0 Å². The highest BCUT2D eigenvalue weighted by Crippen LogP contribution is 2.27. The maximum absolute atomic E-state index is 11.2. The summed E-state index contributed by atoms with van der Waals surface area (Å²) in [6.07, 6.45) is -0.0726. The fourth-order valence-corrected chi connectivity index (χ4v) is 2.46. The zero-order chi connectivity index (χ0) is 13.9. The second-order valence-electron chi connectivity index (χ2n) is 5.40. The van der Waals surface area contributed by atoms with Crippen LogP contribution in [0.25, 0.3) is 0 Å². The third kappa shape index (κ3) is 3.67. The quantitative estimate of drug-likeness (QED) is 0.691. The third-order valence-corrected chi connectivity index (χ3v) is 3.41. The Balaban J connectivity index is 2.83. The summed E-state index contributed by atoms with van der Waals surface area (Å²) in [6, 6.07) is -0.174. The zero-order valence-corrected chi connectivity index (χ0v) is 11.9. The Morgan fingerprint density at radius 3 is 2.50 bits per heavy atom. The van der Waals surface area contributed by atoms with Crippen molar-refractivity contribution in [2.24, 2.45) is 5.92 Å². The van der Waals surface area contributed by atoms with Gasteiger partial charge in [0.25, 0.3) is 0 Å². The average Bonchev–Trinajstić information content (AvgIpc) is 2.27. The monoisotopic (exact) mass is 258 g/mol. The topological polar surface area (TPSA) is 70.6 Å². The molecule has 0 radical (unpaired) electrons. The van der Waals surface area contributed by atoms with Gasteiger partial charge in [-0.25, -0.2) is 0 Å². The van der Waals surface area contributed by atoms with E-state index in [1.807, 2.05) is 27.7 Å². The number of aliphatic hydroxyl groups is 1. The molecule has 5 atom stereocenters. The molecule has 18 heavy (non-hydrogen) atoms. The summed E-state index contributed by atoms with van der Waals surface area (Å²) in [5, 5.41) is 16.4. The third-order valence-electron chi connectivity index (χ3n) is 3.41. The molecule has 1 saturated heterocycles. The van der Waals surface area contributed by atoms with Gasteiger partial charge in [-0.1, -0.05) is 13.8 Å². The molecule has 1 fully saturated rings. The molecule has 1 aliphatic heterocycles. The number of rotatable bonds is 4. The van der Waals surface area contributed by atoms with Crippen LogP contribution < -0.4 is 10.6 Å². The van der Waals surface area contributed by atoms with Gasteiger partial charge in [-0.05, 0) is 20.3 Å². The number of carbonyl (C=O) groups excluding carboxylic acids is 1. The number of ether oxygens (including phenoxy) is 1. The fraction of sp³-hybridized carbons (Fsp3) is 0.923. The SMILES string of the molecule is CCC1OC(NC(C)C)C(NC(C)=O)C(O)C1C. The average molecular weight is 258 g/mol. The van der Waals surface area contributed by atoms with Gasteiger partial charge < -0.3 is 15.2 Å². The van der Waals surface area contributed by atoms with Gasteiger partial charge >= 0.3 is 0 Å². The Morgan fingerprint density at radius 1 is 1.44 bits per heavy atom. The summed E-state index contributed by atoms with van der Waals surface area (Å²) in [6.45, 7) is 9.48. The van der Waals surface area contributed by atoms with Crippen molar-refractivity contribution in [1.29, 1.82) is 0 Å².